The summed E-state index contributed by atoms with van der Waals surface area (Å²) in [6.07, 6.45) is -5.38. The summed E-state index contributed by atoms with van der Waals surface area (Å²) in [5.74, 6) is -0.998. The highest BCUT2D eigenvalue weighted by molar-refractivity contribution is 5.96. The molecule has 0 aliphatic rings. The van der Waals surface area contributed by atoms with Gasteiger partial charge in [-0.2, -0.15) is 13.2 Å². The number of benzene rings is 1. The maximum absolute atomic E-state index is 12.1. The summed E-state index contributed by atoms with van der Waals surface area (Å²) in [5.41, 5.74) is 2.40. The van der Waals surface area contributed by atoms with Gasteiger partial charge >= 0.3 is 6.18 Å². The fraction of sp³-hybridized carbons (Fsp3) is 0.467. The lowest BCUT2D eigenvalue weighted by Gasteiger charge is -2.18. The van der Waals surface area contributed by atoms with Gasteiger partial charge in [0.1, 0.15) is 0 Å². The Kier molecular flexibility index (Phi) is 5.96. The van der Waals surface area contributed by atoms with E-state index in [1.54, 1.807) is 18.2 Å². The van der Waals surface area contributed by atoms with Gasteiger partial charge in [0.25, 0.3) is 5.91 Å². The van der Waals surface area contributed by atoms with Gasteiger partial charge in [0, 0.05) is 19.2 Å². The van der Waals surface area contributed by atoms with Crippen LogP contribution in [0.5, 0.6) is 0 Å². The lowest BCUT2D eigenvalue weighted by Crippen LogP contribution is -2.39. The van der Waals surface area contributed by atoms with E-state index in [0.717, 1.165) is 16.0 Å². The number of carbonyl (C=O) groups is 2. The van der Waals surface area contributed by atoms with Crippen LogP contribution in [0.2, 0.25) is 0 Å². The fourth-order valence-electron chi connectivity index (χ4n) is 1.69. The van der Waals surface area contributed by atoms with Crippen molar-refractivity contribution < 1.29 is 22.8 Å². The van der Waals surface area contributed by atoms with Crippen LogP contribution in [0.4, 0.5) is 13.2 Å². The third kappa shape index (κ3) is 5.75. The molecule has 0 aromatic heterocycles. The second kappa shape index (κ2) is 7.29. The van der Waals surface area contributed by atoms with Crippen molar-refractivity contribution in [1.82, 2.24) is 10.2 Å². The van der Waals surface area contributed by atoms with Crippen molar-refractivity contribution in [3.05, 3.63) is 34.9 Å². The summed E-state index contributed by atoms with van der Waals surface area (Å²) >= 11 is 0. The molecule has 0 unspecified atom stereocenters. The molecule has 22 heavy (non-hydrogen) atoms. The van der Waals surface area contributed by atoms with Gasteiger partial charge in [-0.15, -0.1) is 0 Å². The number of nitrogens with one attached hydrogen (secondary N) is 1. The average Bonchev–Trinajstić information content (AvgIpc) is 2.43. The first-order chi connectivity index (χ1) is 10.1. The van der Waals surface area contributed by atoms with Crippen LogP contribution in [-0.4, -0.2) is 43.0 Å². The Balaban J connectivity index is 2.49. The predicted molar refractivity (Wildman–Crippen MR) is 76.6 cm³/mol. The molecule has 1 aromatic rings. The molecule has 2 amide bonds. The number of hydrogen-bond acceptors (Lipinski definition) is 2. The molecule has 0 saturated heterocycles. The minimum absolute atomic E-state index is 0.333. The minimum Gasteiger partial charge on any atom is -0.344 e. The molecule has 1 N–H and O–H groups in total. The lowest BCUT2D eigenvalue weighted by atomic mass is 10.1. The van der Waals surface area contributed by atoms with Crippen LogP contribution in [0.25, 0.3) is 0 Å². The van der Waals surface area contributed by atoms with Gasteiger partial charge in [-0.05, 0) is 37.1 Å². The third-order valence-corrected chi connectivity index (χ3v) is 3.33. The Morgan fingerprint density at radius 3 is 2.36 bits per heavy atom. The molecule has 122 valence electrons. The Morgan fingerprint density at radius 2 is 1.82 bits per heavy atom. The van der Waals surface area contributed by atoms with Crippen LogP contribution < -0.4 is 5.32 Å². The summed E-state index contributed by atoms with van der Waals surface area (Å²) in [6, 6.07) is 5.12. The first kappa shape index (κ1) is 18.0. The topological polar surface area (TPSA) is 49.4 Å². The van der Waals surface area contributed by atoms with E-state index in [0.29, 0.717) is 5.56 Å². The van der Waals surface area contributed by atoms with E-state index in [1.165, 1.54) is 7.05 Å². The zero-order valence-electron chi connectivity index (χ0n) is 12.8. The van der Waals surface area contributed by atoms with Gasteiger partial charge in [-0.25, -0.2) is 0 Å². The minimum atomic E-state index is -4.31. The highest BCUT2D eigenvalue weighted by Crippen LogP contribution is 2.19. The average molecular weight is 316 g/mol. The Labute approximate surface area is 127 Å². The number of nitrogens with zero attached hydrogens (tertiary/aromatic N) is 1. The van der Waals surface area contributed by atoms with Crippen molar-refractivity contribution in [2.24, 2.45) is 0 Å². The molecular formula is C15H19F3N2O2. The number of halogens is 3. The number of likely N-dealkylation sites (N-methyl/N-ethyl adjacent to an activating group) is 1. The first-order valence-corrected chi connectivity index (χ1v) is 6.76. The van der Waals surface area contributed by atoms with Crippen LogP contribution in [0.3, 0.4) is 0 Å². The molecule has 1 aromatic carbocycles. The highest BCUT2D eigenvalue weighted by Gasteiger charge is 2.28. The number of alkyl halides is 3. The van der Waals surface area contributed by atoms with Crippen LogP contribution in [0, 0.1) is 13.8 Å². The van der Waals surface area contributed by atoms with Crippen molar-refractivity contribution in [3.63, 3.8) is 0 Å². The Morgan fingerprint density at radius 1 is 1.18 bits per heavy atom. The molecule has 0 heterocycles. The second-order valence-corrected chi connectivity index (χ2v) is 5.16. The molecule has 0 aliphatic heterocycles. The monoisotopic (exact) mass is 316 g/mol. The number of amides is 2. The van der Waals surface area contributed by atoms with Crippen molar-refractivity contribution in [2.75, 3.05) is 20.1 Å². The van der Waals surface area contributed by atoms with Gasteiger partial charge in [-0.1, -0.05) is 6.07 Å². The summed E-state index contributed by atoms with van der Waals surface area (Å²) in [5, 5.41) is 2.41. The zero-order chi connectivity index (χ0) is 16.9. The van der Waals surface area contributed by atoms with Crippen molar-refractivity contribution in [2.45, 2.75) is 26.4 Å². The lowest BCUT2D eigenvalue weighted by molar-refractivity contribution is -0.143. The van der Waals surface area contributed by atoms with Gasteiger partial charge in [0.2, 0.25) is 5.91 Å². The molecule has 0 bridgehead atoms. The molecule has 7 heteroatoms. The summed E-state index contributed by atoms with van der Waals surface area (Å²) in [6.45, 7) is 3.01. The number of carbonyl (C=O) groups excluding carboxylic acids is 2. The van der Waals surface area contributed by atoms with E-state index in [4.69, 9.17) is 0 Å². The molecule has 0 fully saturated rings. The van der Waals surface area contributed by atoms with Crippen LogP contribution in [-0.2, 0) is 4.79 Å². The first-order valence-electron chi connectivity index (χ1n) is 6.76. The van der Waals surface area contributed by atoms with E-state index < -0.39 is 31.0 Å². The van der Waals surface area contributed by atoms with Gasteiger partial charge in [0.15, 0.2) is 0 Å². The largest absolute Gasteiger partial charge is 0.390 e. The van der Waals surface area contributed by atoms with Gasteiger partial charge in [0.05, 0.1) is 13.0 Å². The number of rotatable bonds is 5. The molecule has 0 radical (unpaired) electrons. The van der Waals surface area contributed by atoms with E-state index in [-0.39, 0.29) is 6.54 Å². The van der Waals surface area contributed by atoms with Gasteiger partial charge in [-0.3, -0.25) is 9.59 Å². The molecule has 0 atom stereocenters. The van der Waals surface area contributed by atoms with Crippen molar-refractivity contribution in [3.8, 4) is 0 Å². The third-order valence-electron chi connectivity index (χ3n) is 3.33. The molecule has 0 spiro atoms. The molecular weight excluding hydrogens is 297 g/mol. The Hall–Kier alpha value is -2.05. The normalized spacial score (nSPS) is 11.2. The summed E-state index contributed by atoms with van der Waals surface area (Å²) < 4.78 is 36.2. The Bertz CT molecular complexity index is 556. The van der Waals surface area contributed by atoms with E-state index in [1.807, 2.05) is 13.8 Å². The molecule has 0 aliphatic carbocycles. The molecule has 0 saturated carbocycles. The number of hydrogen-bond donors (Lipinski definition) is 1. The van der Waals surface area contributed by atoms with Crippen LogP contribution >= 0.6 is 0 Å². The zero-order valence-corrected chi connectivity index (χ0v) is 12.8. The SMILES string of the molecule is Cc1ccc(C(=O)NCC(=O)N(C)CCC(F)(F)F)cc1C. The van der Waals surface area contributed by atoms with Crippen LogP contribution in [0.1, 0.15) is 27.9 Å². The van der Waals surface area contributed by atoms with Crippen molar-refractivity contribution in [1.29, 1.82) is 0 Å². The summed E-state index contributed by atoms with van der Waals surface area (Å²) in [7, 11) is 1.27. The summed E-state index contributed by atoms with van der Waals surface area (Å²) in [4.78, 5) is 24.5. The maximum Gasteiger partial charge on any atom is 0.390 e. The molecule has 4 nitrogen and oxygen atoms in total. The predicted octanol–water partition coefficient (Wildman–Crippen LogP) is 2.44. The second-order valence-electron chi connectivity index (χ2n) is 5.16. The smallest absolute Gasteiger partial charge is 0.344 e. The maximum atomic E-state index is 12.1. The van der Waals surface area contributed by atoms with Gasteiger partial charge < -0.3 is 10.2 Å². The molecule has 1 rings (SSSR count). The van der Waals surface area contributed by atoms with E-state index >= 15 is 0 Å². The standard InChI is InChI=1S/C15H19F3N2O2/c1-10-4-5-12(8-11(10)2)14(22)19-9-13(21)20(3)7-6-15(16,17)18/h4-5,8H,6-7,9H2,1-3H3,(H,19,22). The van der Waals surface area contributed by atoms with E-state index in [2.05, 4.69) is 5.32 Å². The highest BCUT2D eigenvalue weighted by atomic mass is 19.4. The quantitative estimate of drug-likeness (QED) is 0.907. The van der Waals surface area contributed by atoms with E-state index in [9.17, 15) is 22.8 Å². The number of aryl methyl sites for hydroxylation is 2. The fourth-order valence-corrected chi connectivity index (χ4v) is 1.69. The van der Waals surface area contributed by atoms with Crippen molar-refractivity contribution >= 4 is 11.8 Å². The van der Waals surface area contributed by atoms with Crippen LogP contribution in [0.15, 0.2) is 18.2 Å².